The second kappa shape index (κ2) is 10.2. The van der Waals surface area contributed by atoms with Crippen LogP contribution < -0.4 is 4.74 Å². The molecule has 0 aliphatic carbocycles. The zero-order chi connectivity index (χ0) is 23.6. The van der Waals surface area contributed by atoms with Gasteiger partial charge in [0.2, 0.25) is 5.79 Å². The number of benzene rings is 2. The van der Waals surface area contributed by atoms with Crippen molar-refractivity contribution in [1.29, 1.82) is 0 Å². The minimum atomic E-state index is -1.79. The maximum atomic E-state index is 10.7. The molecule has 180 valence electrons. The van der Waals surface area contributed by atoms with E-state index in [1.807, 2.05) is 24.3 Å². The van der Waals surface area contributed by atoms with Crippen molar-refractivity contribution in [2.75, 3.05) is 26.9 Å². The van der Waals surface area contributed by atoms with E-state index in [2.05, 4.69) is 0 Å². The maximum Gasteiger partial charge on any atom is 0.224 e. The Labute approximate surface area is 197 Å². The summed E-state index contributed by atoms with van der Waals surface area (Å²) in [6.07, 6.45) is -4.33. The fourth-order valence-electron chi connectivity index (χ4n) is 4.30. The third kappa shape index (κ3) is 4.89. The second-order valence-electron chi connectivity index (χ2n) is 8.37. The quantitative estimate of drug-likeness (QED) is 0.469. The SMILES string of the molecule is COC1(c2ccc(Cl)c(Cc3ccc(O[C@H]4CCOC4)cc3)c2)O[C@H](CO)[C@@H](O)[C@H](O)[C@H]1O. The molecule has 8 nitrogen and oxygen atoms in total. The Morgan fingerprint density at radius 1 is 1.09 bits per heavy atom. The van der Waals surface area contributed by atoms with Gasteiger partial charge >= 0.3 is 0 Å². The Hall–Kier alpha value is -1.75. The molecule has 4 N–H and O–H groups in total. The first-order valence-electron chi connectivity index (χ1n) is 10.9. The highest BCUT2D eigenvalue weighted by Crippen LogP contribution is 2.40. The van der Waals surface area contributed by atoms with Gasteiger partial charge in [0.25, 0.3) is 0 Å². The molecule has 4 rings (SSSR count). The number of hydrogen-bond acceptors (Lipinski definition) is 8. The minimum absolute atomic E-state index is 0.0748. The van der Waals surface area contributed by atoms with Gasteiger partial charge in [-0.15, -0.1) is 0 Å². The van der Waals surface area contributed by atoms with Gasteiger partial charge in [-0.05, 0) is 41.8 Å². The monoisotopic (exact) mass is 480 g/mol. The Bertz CT molecular complexity index is 931. The lowest BCUT2D eigenvalue weighted by Crippen LogP contribution is -2.64. The van der Waals surface area contributed by atoms with E-state index in [-0.39, 0.29) is 6.10 Å². The summed E-state index contributed by atoms with van der Waals surface area (Å²) >= 11 is 6.45. The van der Waals surface area contributed by atoms with Crippen LogP contribution in [0.5, 0.6) is 5.75 Å². The van der Waals surface area contributed by atoms with E-state index in [1.54, 1.807) is 18.2 Å². The van der Waals surface area contributed by atoms with Crippen LogP contribution >= 0.6 is 11.6 Å². The van der Waals surface area contributed by atoms with Gasteiger partial charge in [0.15, 0.2) is 0 Å². The van der Waals surface area contributed by atoms with Crippen molar-refractivity contribution < 1.29 is 39.4 Å². The topological polar surface area (TPSA) is 118 Å². The van der Waals surface area contributed by atoms with Gasteiger partial charge in [0.1, 0.15) is 36.3 Å². The van der Waals surface area contributed by atoms with Crippen LogP contribution in [0.25, 0.3) is 0 Å². The van der Waals surface area contributed by atoms with Gasteiger partial charge in [0.05, 0.1) is 19.8 Å². The molecule has 0 radical (unpaired) electrons. The number of rotatable bonds is 7. The van der Waals surface area contributed by atoms with Crippen LogP contribution in [0.4, 0.5) is 0 Å². The average molecular weight is 481 g/mol. The van der Waals surface area contributed by atoms with Crippen LogP contribution in [-0.2, 0) is 26.4 Å². The summed E-state index contributed by atoms with van der Waals surface area (Å²) in [6, 6.07) is 12.7. The van der Waals surface area contributed by atoms with Crippen molar-refractivity contribution in [2.45, 2.75) is 49.1 Å². The number of aliphatic hydroxyl groups excluding tert-OH is 4. The lowest BCUT2D eigenvalue weighted by molar-refractivity contribution is -0.366. The van der Waals surface area contributed by atoms with Crippen LogP contribution in [0.15, 0.2) is 42.5 Å². The molecule has 0 aromatic heterocycles. The number of methoxy groups -OCH3 is 1. The first kappa shape index (κ1) is 24.4. The summed E-state index contributed by atoms with van der Waals surface area (Å²) in [4.78, 5) is 0. The molecule has 2 heterocycles. The van der Waals surface area contributed by atoms with E-state index in [4.69, 9.17) is 30.5 Å². The Morgan fingerprint density at radius 3 is 2.48 bits per heavy atom. The van der Waals surface area contributed by atoms with E-state index in [0.29, 0.717) is 30.2 Å². The molecule has 1 unspecified atom stereocenters. The van der Waals surface area contributed by atoms with Crippen LogP contribution in [0, 0.1) is 0 Å². The van der Waals surface area contributed by atoms with Crippen molar-refractivity contribution in [3.8, 4) is 5.75 Å². The van der Waals surface area contributed by atoms with Crippen molar-refractivity contribution >= 4 is 11.6 Å². The van der Waals surface area contributed by atoms with Crippen molar-refractivity contribution in [3.63, 3.8) is 0 Å². The van der Waals surface area contributed by atoms with E-state index in [0.717, 1.165) is 23.3 Å². The highest BCUT2D eigenvalue weighted by molar-refractivity contribution is 6.31. The Kier molecular flexibility index (Phi) is 7.57. The van der Waals surface area contributed by atoms with E-state index >= 15 is 0 Å². The van der Waals surface area contributed by atoms with Crippen molar-refractivity contribution in [1.82, 2.24) is 0 Å². The predicted molar refractivity (Wildman–Crippen MR) is 119 cm³/mol. The largest absolute Gasteiger partial charge is 0.488 e. The summed E-state index contributed by atoms with van der Waals surface area (Å²) in [5.74, 6) is -1.01. The molecule has 0 saturated carbocycles. The highest BCUT2D eigenvalue weighted by atomic mass is 35.5. The third-order valence-electron chi connectivity index (χ3n) is 6.21. The molecule has 2 saturated heterocycles. The van der Waals surface area contributed by atoms with E-state index < -0.39 is 36.8 Å². The zero-order valence-electron chi connectivity index (χ0n) is 18.3. The molecule has 9 heteroatoms. The average Bonchev–Trinajstić information content (AvgIpc) is 3.34. The highest BCUT2D eigenvalue weighted by Gasteiger charge is 2.55. The number of hydrogen-bond donors (Lipinski definition) is 4. The van der Waals surface area contributed by atoms with Gasteiger partial charge in [-0.1, -0.05) is 29.8 Å². The Balaban J connectivity index is 1.57. The molecule has 6 atom stereocenters. The summed E-state index contributed by atoms with van der Waals surface area (Å²) in [5, 5.41) is 41.3. The van der Waals surface area contributed by atoms with Gasteiger partial charge in [-0.2, -0.15) is 0 Å². The fourth-order valence-corrected chi connectivity index (χ4v) is 4.48. The molecule has 2 aromatic carbocycles. The maximum absolute atomic E-state index is 10.7. The lowest BCUT2D eigenvalue weighted by atomic mass is 9.87. The number of halogens is 1. The minimum Gasteiger partial charge on any atom is -0.488 e. The van der Waals surface area contributed by atoms with Crippen LogP contribution in [0.2, 0.25) is 5.02 Å². The standard InChI is InChI=1S/C24H29ClO8/c1-30-24(23(29)22(28)21(27)20(12-26)33-24)16-4-7-19(25)15(11-16)10-14-2-5-17(6-3-14)32-18-8-9-31-13-18/h2-7,11,18,20-23,26-29H,8-10,12-13H2,1H3/t18-,20+,21+,22-,23+,24?/m0/s1. The smallest absolute Gasteiger partial charge is 0.224 e. The summed E-state index contributed by atoms with van der Waals surface area (Å²) in [7, 11) is 1.32. The van der Waals surface area contributed by atoms with Crippen LogP contribution in [0.1, 0.15) is 23.1 Å². The molecule has 2 aliphatic heterocycles. The molecule has 0 amide bonds. The molecule has 2 fully saturated rings. The van der Waals surface area contributed by atoms with Gasteiger partial charge in [-0.25, -0.2) is 0 Å². The second-order valence-corrected chi connectivity index (χ2v) is 8.77. The molecule has 2 aromatic rings. The molecule has 0 bridgehead atoms. The van der Waals surface area contributed by atoms with Crippen molar-refractivity contribution in [2.24, 2.45) is 0 Å². The molecule has 33 heavy (non-hydrogen) atoms. The molecule has 0 spiro atoms. The normalized spacial score (nSPS) is 32.1. The van der Waals surface area contributed by atoms with E-state index in [9.17, 15) is 20.4 Å². The molecule has 2 aliphatic rings. The van der Waals surface area contributed by atoms with Gasteiger partial charge in [-0.3, -0.25) is 0 Å². The molecular weight excluding hydrogens is 452 g/mol. The third-order valence-corrected chi connectivity index (χ3v) is 6.58. The summed E-state index contributed by atoms with van der Waals surface area (Å²) in [6.45, 7) is 0.758. The van der Waals surface area contributed by atoms with Gasteiger partial charge in [0, 0.05) is 24.1 Å². The summed E-state index contributed by atoms with van der Waals surface area (Å²) < 4.78 is 22.5. The van der Waals surface area contributed by atoms with E-state index in [1.165, 1.54) is 7.11 Å². The lowest BCUT2D eigenvalue weighted by Gasteiger charge is -2.47. The number of ether oxygens (including phenoxy) is 4. The zero-order valence-corrected chi connectivity index (χ0v) is 19.0. The Morgan fingerprint density at radius 2 is 1.85 bits per heavy atom. The summed E-state index contributed by atoms with van der Waals surface area (Å²) in [5.41, 5.74) is 2.15. The fraction of sp³-hybridized carbons (Fsp3) is 0.500. The van der Waals surface area contributed by atoms with Gasteiger partial charge < -0.3 is 39.4 Å². The number of aliphatic hydroxyl groups is 4. The van der Waals surface area contributed by atoms with Crippen LogP contribution in [-0.4, -0.2) is 77.9 Å². The molecular formula is C24H29ClO8. The predicted octanol–water partition coefficient (Wildman–Crippen LogP) is 1.37. The van der Waals surface area contributed by atoms with Crippen molar-refractivity contribution in [3.05, 3.63) is 64.2 Å². The first-order chi connectivity index (χ1) is 15.9. The first-order valence-corrected chi connectivity index (χ1v) is 11.3. The van der Waals surface area contributed by atoms with Crippen LogP contribution in [0.3, 0.4) is 0 Å².